The second kappa shape index (κ2) is 5.63. The Labute approximate surface area is 78.8 Å². The number of nitrogens with one attached hydrogen (secondary N) is 1. The van der Waals surface area contributed by atoms with E-state index in [1.807, 2.05) is 0 Å². The quantitative estimate of drug-likeness (QED) is 0.472. The number of aromatic amines is 1. The molecule has 0 aliphatic carbocycles. The van der Waals surface area contributed by atoms with Crippen molar-refractivity contribution in [1.29, 1.82) is 0 Å². The minimum atomic E-state index is -1.15. The van der Waals surface area contributed by atoms with E-state index < -0.39 is 12.0 Å². The summed E-state index contributed by atoms with van der Waals surface area (Å²) in [4.78, 5) is 29.9. The molecule has 0 saturated carbocycles. The third-order valence-electron chi connectivity index (χ3n) is 1.46. The van der Waals surface area contributed by atoms with E-state index in [1.165, 1.54) is 18.6 Å². The largest absolute Gasteiger partial charge is 0.480 e. The highest BCUT2D eigenvalue weighted by Gasteiger charge is 2.17. The Hall–Kier alpha value is -1.98. The van der Waals surface area contributed by atoms with Crippen LogP contribution in [0.5, 0.6) is 0 Å². The molecule has 0 aliphatic rings. The molecule has 14 heavy (non-hydrogen) atoms. The molecular formula is C7H9N3O4. The Bertz CT molecular complexity index is 327. The molecule has 1 aromatic rings. The van der Waals surface area contributed by atoms with E-state index in [1.54, 1.807) is 0 Å². The average molecular weight is 199 g/mol. The van der Waals surface area contributed by atoms with Gasteiger partial charge in [-0.25, -0.2) is 14.6 Å². The van der Waals surface area contributed by atoms with Crippen molar-refractivity contribution in [2.75, 3.05) is 0 Å². The number of hydrogen-bond acceptors (Lipinski definition) is 4. The fourth-order valence-corrected chi connectivity index (χ4v) is 0.856. The number of isocyanates is 1. The van der Waals surface area contributed by atoms with Gasteiger partial charge in [0.05, 0.1) is 6.33 Å². The first kappa shape index (κ1) is 12.0. The first-order valence-corrected chi connectivity index (χ1v) is 3.51. The van der Waals surface area contributed by atoms with Crippen LogP contribution in [0.1, 0.15) is 5.69 Å². The maximum atomic E-state index is 10.5. The van der Waals surface area contributed by atoms with E-state index in [0.717, 1.165) is 0 Å². The van der Waals surface area contributed by atoms with Crippen LogP contribution in [0, 0.1) is 0 Å². The summed E-state index contributed by atoms with van der Waals surface area (Å²) in [5, 5.41) is 8.60. The number of aliphatic imine (C=N–C) groups is 1. The van der Waals surface area contributed by atoms with E-state index in [0.29, 0.717) is 5.69 Å². The van der Waals surface area contributed by atoms with Crippen LogP contribution in [0.3, 0.4) is 0 Å². The Morgan fingerprint density at radius 3 is 2.93 bits per heavy atom. The maximum absolute atomic E-state index is 10.5. The summed E-state index contributed by atoms with van der Waals surface area (Å²) < 4.78 is 0. The van der Waals surface area contributed by atoms with Gasteiger partial charge in [-0.3, -0.25) is 0 Å². The van der Waals surface area contributed by atoms with E-state index in [4.69, 9.17) is 5.11 Å². The number of hydrogen-bond donors (Lipinski definition) is 2. The SMILES string of the molecule is O.O=C=NC(Cc1cnc[nH]1)C(=O)O. The van der Waals surface area contributed by atoms with Gasteiger partial charge in [-0.05, 0) is 0 Å². The highest BCUT2D eigenvalue weighted by Crippen LogP contribution is 2.01. The topological polar surface area (TPSA) is 127 Å². The first-order chi connectivity index (χ1) is 6.24. The third-order valence-corrected chi connectivity index (χ3v) is 1.46. The van der Waals surface area contributed by atoms with Gasteiger partial charge < -0.3 is 15.6 Å². The molecule has 0 spiro atoms. The van der Waals surface area contributed by atoms with Crippen LogP contribution in [-0.2, 0) is 16.0 Å². The van der Waals surface area contributed by atoms with E-state index in [9.17, 15) is 9.59 Å². The zero-order chi connectivity index (χ0) is 9.68. The van der Waals surface area contributed by atoms with Crippen molar-refractivity contribution < 1.29 is 20.2 Å². The number of nitrogens with zero attached hydrogens (tertiary/aromatic N) is 2. The number of carboxylic acid groups (broad SMARTS) is 1. The molecule has 1 atom stereocenters. The predicted octanol–water partition coefficient (Wildman–Crippen LogP) is -1.08. The van der Waals surface area contributed by atoms with Crippen LogP contribution in [0.4, 0.5) is 0 Å². The van der Waals surface area contributed by atoms with Gasteiger partial charge in [-0.2, -0.15) is 4.99 Å². The Morgan fingerprint density at radius 1 is 1.79 bits per heavy atom. The fraction of sp³-hybridized carbons (Fsp3) is 0.286. The number of imidazole rings is 1. The van der Waals surface area contributed by atoms with Gasteiger partial charge in [0.15, 0.2) is 6.04 Å². The zero-order valence-electron chi connectivity index (χ0n) is 7.10. The molecule has 0 aromatic carbocycles. The summed E-state index contributed by atoms with van der Waals surface area (Å²) >= 11 is 0. The molecule has 0 amide bonds. The van der Waals surface area contributed by atoms with Crippen molar-refractivity contribution in [1.82, 2.24) is 9.97 Å². The summed E-state index contributed by atoms with van der Waals surface area (Å²) in [6, 6.07) is -1.09. The molecule has 76 valence electrons. The summed E-state index contributed by atoms with van der Waals surface area (Å²) in [6.45, 7) is 0. The lowest BCUT2D eigenvalue weighted by atomic mass is 10.2. The first-order valence-electron chi connectivity index (χ1n) is 3.51. The van der Waals surface area contributed by atoms with Gasteiger partial charge in [0, 0.05) is 18.3 Å². The molecule has 4 N–H and O–H groups in total. The summed E-state index contributed by atoms with van der Waals surface area (Å²) in [5.74, 6) is -1.15. The summed E-state index contributed by atoms with van der Waals surface area (Å²) in [6.07, 6.45) is 4.25. The standard InChI is InChI=1S/C7H7N3O3.H2O/c11-4-10-6(7(12)13)1-5-2-8-3-9-5;/h2-3,6H,1H2,(H,8,9)(H,12,13);1H2. The average Bonchev–Trinajstić information content (AvgIpc) is 2.56. The van der Waals surface area contributed by atoms with Crippen molar-refractivity contribution in [3.8, 4) is 0 Å². The van der Waals surface area contributed by atoms with E-state index in [-0.39, 0.29) is 11.9 Å². The number of rotatable bonds is 4. The number of aromatic nitrogens is 2. The maximum Gasteiger partial charge on any atom is 0.329 e. The van der Waals surface area contributed by atoms with Crippen LogP contribution in [0.15, 0.2) is 17.5 Å². The van der Waals surface area contributed by atoms with Crippen LogP contribution in [0.2, 0.25) is 0 Å². The lowest BCUT2D eigenvalue weighted by molar-refractivity contribution is -0.138. The van der Waals surface area contributed by atoms with Crippen molar-refractivity contribution in [2.24, 2.45) is 4.99 Å². The lowest BCUT2D eigenvalue weighted by Crippen LogP contribution is -2.20. The van der Waals surface area contributed by atoms with Gasteiger partial charge in [0.25, 0.3) is 0 Å². The van der Waals surface area contributed by atoms with Crippen molar-refractivity contribution in [3.63, 3.8) is 0 Å². The highest BCUT2D eigenvalue weighted by molar-refractivity contribution is 5.75. The molecule has 0 saturated heterocycles. The Balaban J connectivity index is 0.00000169. The van der Waals surface area contributed by atoms with Crippen molar-refractivity contribution >= 4 is 12.0 Å². The van der Waals surface area contributed by atoms with Gasteiger partial charge in [0.2, 0.25) is 6.08 Å². The number of H-pyrrole nitrogens is 1. The molecule has 1 aromatic heterocycles. The van der Waals surface area contributed by atoms with Crippen LogP contribution in [-0.4, -0.2) is 38.6 Å². The smallest absolute Gasteiger partial charge is 0.329 e. The van der Waals surface area contributed by atoms with Gasteiger partial charge >= 0.3 is 5.97 Å². The number of carbonyl (C=O) groups excluding carboxylic acids is 1. The normalized spacial score (nSPS) is 10.9. The molecule has 1 unspecified atom stereocenters. The number of carbonyl (C=O) groups is 1. The van der Waals surface area contributed by atoms with Gasteiger partial charge in [-0.15, -0.1) is 0 Å². The second-order valence-corrected chi connectivity index (χ2v) is 2.36. The lowest BCUT2D eigenvalue weighted by Gasteiger charge is -2.01. The highest BCUT2D eigenvalue weighted by atomic mass is 16.4. The molecule has 0 radical (unpaired) electrons. The molecule has 1 rings (SSSR count). The minimum absolute atomic E-state index is 0. The molecule has 0 fully saturated rings. The van der Waals surface area contributed by atoms with Gasteiger partial charge in [0.1, 0.15) is 0 Å². The van der Waals surface area contributed by atoms with E-state index in [2.05, 4.69) is 15.0 Å². The van der Waals surface area contributed by atoms with E-state index >= 15 is 0 Å². The molecule has 7 heteroatoms. The van der Waals surface area contributed by atoms with Crippen LogP contribution in [0.25, 0.3) is 0 Å². The number of aliphatic carboxylic acids is 1. The Kier molecular flexibility index (Phi) is 4.83. The molecule has 1 heterocycles. The van der Waals surface area contributed by atoms with Gasteiger partial charge in [-0.1, -0.05) is 0 Å². The monoisotopic (exact) mass is 199 g/mol. The fourth-order valence-electron chi connectivity index (χ4n) is 0.856. The Morgan fingerprint density at radius 2 is 2.50 bits per heavy atom. The predicted molar refractivity (Wildman–Crippen MR) is 45.5 cm³/mol. The molecular weight excluding hydrogens is 190 g/mol. The van der Waals surface area contributed by atoms with Crippen LogP contribution < -0.4 is 0 Å². The summed E-state index contributed by atoms with van der Waals surface area (Å²) in [7, 11) is 0. The zero-order valence-corrected chi connectivity index (χ0v) is 7.10. The van der Waals surface area contributed by atoms with Crippen LogP contribution >= 0.6 is 0 Å². The third kappa shape index (κ3) is 3.18. The second-order valence-electron chi connectivity index (χ2n) is 2.36. The van der Waals surface area contributed by atoms with Crippen molar-refractivity contribution in [3.05, 3.63) is 18.2 Å². The minimum Gasteiger partial charge on any atom is -0.480 e. The molecule has 0 bridgehead atoms. The molecule has 0 aliphatic heterocycles. The number of carboxylic acids is 1. The van der Waals surface area contributed by atoms with Crippen molar-refractivity contribution in [2.45, 2.75) is 12.5 Å². The summed E-state index contributed by atoms with van der Waals surface area (Å²) in [5.41, 5.74) is 0.617. The molecule has 7 nitrogen and oxygen atoms in total.